The van der Waals surface area contributed by atoms with Gasteiger partial charge in [0.25, 0.3) is 0 Å². The molecule has 2 aromatic heterocycles. The van der Waals surface area contributed by atoms with Crippen molar-refractivity contribution >= 4 is 11.3 Å². The predicted molar refractivity (Wildman–Crippen MR) is 63.8 cm³/mol. The van der Waals surface area contributed by atoms with Crippen molar-refractivity contribution in [3.05, 3.63) is 46.4 Å². The van der Waals surface area contributed by atoms with Crippen LogP contribution in [0.4, 0.5) is 0 Å². The van der Waals surface area contributed by atoms with E-state index in [1.165, 1.54) is 11.3 Å². The minimum Gasteiger partial charge on any atom is -0.496 e. The molecular weight excluding hydrogens is 222 g/mol. The van der Waals surface area contributed by atoms with Crippen molar-refractivity contribution in [3.63, 3.8) is 0 Å². The van der Waals surface area contributed by atoms with Crippen molar-refractivity contribution in [3.8, 4) is 5.75 Å². The normalized spacial score (nSPS) is 12.4. The topological polar surface area (TPSA) is 42.4 Å². The number of aromatic nitrogens is 1. The minimum absolute atomic E-state index is 0.510. The first kappa shape index (κ1) is 11.1. The summed E-state index contributed by atoms with van der Waals surface area (Å²) >= 11 is 1.50. The molecule has 0 amide bonds. The fraction of sp³-hybridized carbons (Fsp3) is 0.250. The number of rotatable bonds is 4. The summed E-state index contributed by atoms with van der Waals surface area (Å²) < 4.78 is 5.08. The molecule has 0 spiro atoms. The van der Waals surface area contributed by atoms with E-state index in [-0.39, 0.29) is 0 Å². The number of hydrogen-bond donors (Lipinski definition) is 1. The molecule has 0 radical (unpaired) electrons. The van der Waals surface area contributed by atoms with Gasteiger partial charge in [0.1, 0.15) is 5.75 Å². The Morgan fingerprint density at radius 1 is 1.50 bits per heavy atom. The summed E-state index contributed by atoms with van der Waals surface area (Å²) in [7, 11) is 1.62. The number of aliphatic hydroxyl groups is 1. The van der Waals surface area contributed by atoms with E-state index in [1.54, 1.807) is 13.3 Å². The summed E-state index contributed by atoms with van der Waals surface area (Å²) in [4.78, 5) is 5.09. The maximum atomic E-state index is 10.00. The average Bonchev–Trinajstić information content (AvgIpc) is 2.79. The molecule has 0 saturated heterocycles. The number of thiophene rings is 1. The summed E-state index contributed by atoms with van der Waals surface area (Å²) in [6.07, 6.45) is 1.76. The molecule has 1 N–H and O–H groups in total. The Hall–Kier alpha value is -1.39. The van der Waals surface area contributed by atoms with Gasteiger partial charge in [0.2, 0.25) is 0 Å². The number of ether oxygens (including phenoxy) is 1. The zero-order valence-corrected chi connectivity index (χ0v) is 9.78. The molecule has 0 bridgehead atoms. The Morgan fingerprint density at radius 3 is 3.00 bits per heavy atom. The van der Waals surface area contributed by atoms with Crippen LogP contribution in [0.25, 0.3) is 0 Å². The summed E-state index contributed by atoms with van der Waals surface area (Å²) in [6.45, 7) is 0. The molecule has 0 saturated carbocycles. The van der Waals surface area contributed by atoms with Crippen LogP contribution >= 0.6 is 11.3 Å². The van der Waals surface area contributed by atoms with Crippen LogP contribution < -0.4 is 4.74 Å². The van der Waals surface area contributed by atoms with Crippen LogP contribution in [0.15, 0.2) is 35.8 Å². The van der Waals surface area contributed by atoms with Gasteiger partial charge in [-0.25, -0.2) is 0 Å². The molecule has 1 unspecified atom stereocenters. The summed E-state index contributed by atoms with van der Waals surface area (Å²) in [6, 6.07) is 7.56. The SMILES string of the molecule is COc1csc(C(O)Cc2ccccn2)c1. The molecule has 2 aromatic rings. The summed E-state index contributed by atoms with van der Waals surface area (Å²) in [5, 5.41) is 11.9. The molecule has 0 aliphatic carbocycles. The van der Waals surface area contributed by atoms with Crippen LogP contribution in [0.2, 0.25) is 0 Å². The molecule has 16 heavy (non-hydrogen) atoms. The van der Waals surface area contributed by atoms with Gasteiger partial charge in [-0.3, -0.25) is 4.98 Å². The van der Waals surface area contributed by atoms with Crippen molar-refractivity contribution in [2.75, 3.05) is 7.11 Å². The molecule has 2 heterocycles. The third kappa shape index (κ3) is 2.59. The van der Waals surface area contributed by atoms with Gasteiger partial charge in [-0.05, 0) is 18.2 Å². The molecule has 0 aliphatic heterocycles. The molecule has 0 fully saturated rings. The molecule has 84 valence electrons. The quantitative estimate of drug-likeness (QED) is 0.885. The Labute approximate surface area is 98.4 Å². The zero-order valence-electron chi connectivity index (χ0n) is 8.96. The number of aliphatic hydroxyl groups excluding tert-OH is 1. The Kier molecular flexibility index (Phi) is 3.54. The van der Waals surface area contributed by atoms with E-state index in [9.17, 15) is 5.11 Å². The second kappa shape index (κ2) is 5.09. The number of methoxy groups -OCH3 is 1. The second-order valence-electron chi connectivity index (χ2n) is 3.43. The van der Waals surface area contributed by atoms with E-state index >= 15 is 0 Å². The van der Waals surface area contributed by atoms with E-state index in [0.717, 1.165) is 16.3 Å². The Morgan fingerprint density at radius 2 is 2.38 bits per heavy atom. The van der Waals surface area contributed by atoms with Crippen molar-refractivity contribution in [1.82, 2.24) is 4.98 Å². The molecule has 4 heteroatoms. The third-order valence-electron chi connectivity index (χ3n) is 2.29. The first-order chi connectivity index (χ1) is 7.79. The monoisotopic (exact) mass is 235 g/mol. The minimum atomic E-state index is -0.510. The van der Waals surface area contributed by atoms with Gasteiger partial charge in [0.15, 0.2) is 0 Å². The highest BCUT2D eigenvalue weighted by molar-refractivity contribution is 7.10. The highest BCUT2D eigenvalue weighted by Gasteiger charge is 2.12. The maximum Gasteiger partial charge on any atom is 0.129 e. The maximum absolute atomic E-state index is 10.00. The van der Waals surface area contributed by atoms with Gasteiger partial charge in [0.05, 0.1) is 13.2 Å². The Bertz CT molecular complexity index is 441. The molecular formula is C12H13NO2S. The van der Waals surface area contributed by atoms with Crippen LogP contribution in [0, 0.1) is 0 Å². The lowest BCUT2D eigenvalue weighted by Gasteiger charge is -2.07. The second-order valence-corrected chi connectivity index (χ2v) is 4.37. The smallest absolute Gasteiger partial charge is 0.129 e. The van der Waals surface area contributed by atoms with E-state index in [2.05, 4.69) is 4.98 Å². The van der Waals surface area contributed by atoms with Gasteiger partial charge in [0, 0.05) is 28.6 Å². The first-order valence-corrected chi connectivity index (χ1v) is 5.88. The van der Waals surface area contributed by atoms with Gasteiger partial charge in [-0.15, -0.1) is 11.3 Å². The first-order valence-electron chi connectivity index (χ1n) is 5.00. The molecule has 1 atom stereocenters. The number of hydrogen-bond acceptors (Lipinski definition) is 4. The largest absolute Gasteiger partial charge is 0.496 e. The van der Waals surface area contributed by atoms with Crippen LogP contribution in [0.1, 0.15) is 16.7 Å². The van der Waals surface area contributed by atoms with Gasteiger partial charge in [-0.2, -0.15) is 0 Å². The van der Waals surface area contributed by atoms with Crippen LogP contribution in [-0.2, 0) is 6.42 Å². The molecule has 0 aliphatic rings. The standard InChI is InChI=1S/C12H13NO2S/c1-15-10-7-12(16-8-10)11(14)6-9-4-2-3-5-13-9/h2-5,7-8,11,14H,6H2,1H3. The summed E-state index contributed by atoms with van der Waals surface area (Å²) in [5.41, 5.74) is 0.891. The van der Waals surface area contributed by atoms with Crippen LogP contribution in [0.3, 0.4) is 0 Å². The van der Waals surface area contributed by atoms with E-state index in [0.29, 0.717) is 6.42 Å². The Balaban J connectivity index is 2.05. The van der Waals surface area contributed by atoms with E-state index < -0.39 is 6.10 Å². The predicted octanol–water partition coefficient (Wildman–Crippen LogP) is 2.43. The average molecular weight is 235 g/mol. The van der Waals surface area contributed by atoms with Crippen LogP contribution in [0.5, 0.6) is 5.75 Å². The van der Waals surface area contributed by atoms with E-state index in [1.807, 2.05) is 29.6 Å². The van der Waals surface area contributed by atoms with Crippen molar-refractivity contribution < 1.29 is 9.84 Å². The summed E-state index contributed by atoms with van der Waals surface area (Å²) in [5.74, 6) is 0.792. The number of pyridine rings is 1. The molecule has 0 aromatic carbocycles. The fourth-order valence-electron chi connectivity index (χ4n) is 1.43. The lowest BCUT2D eigenvalue weighted by atomic mass is 10.1. The number of nitrogens with zero attached hydrogens (tertiary/aromatic N) is 1. The third-order valence-corrected chi connectivity index (χ3v) is 3.30. The van der Waals surface area contributed by atoms with Gasteiger partial charge >= 0.3 is 0 Å². The lowest BCUT2D eigenvalue weighted by molar-refractivity contribution is 0.181. The highest BCUT2D eigenvalue weighted by Crippen LogP contribution is 2.28. The highest BCUT2D eigenvalue weighted by atomic mass is 32.1. The van der Waals surface area contributed by atoms with Crippen LogP contribution in [-0.4, -0.2) is 17.2 Å². The van der Waals surface area contributed by atoms with Gasteiger partial charge in [-0.1, -0.05) is 6.07 Å². The van der Waals surface area contributed by atoms with Crippen molar-refractivity contribution in [2.45, 2.75) is 12.5 Å². The van der Waals surface area contributed by atoms with E-state index in [4.69, 9.17) is 4.74 Å². The van der Waals surface area contributed by atoms with Gasteiger partial charge < -0.3 is 9.84 Å². The molecule has 2 rings (SSSR count). The van der Waals surface area contributed by atoms with Crippen molar-refractivity contribution in [2.24, 2.45) is 0 Å². The lowest BCUT2D eigenvalue weighted by Crippen LogP contribution is -2.00. The zero-order chi connectivity index (χ0) is 11.4. The molecule has 3 nitrogen and oxygen atoms in total. The fourth-order valence-corrected chi connectivity index (χ4v) is 2.27. The van der Waals surface area contributed by atoms with Crippen molar-refractivity contribution in [1.29, 1.82) is 0 Å².